The zero-order chi connectivity index (χ0) is 16.7. The van der Waals surface area contributed by atoms with Crippen molar-refractivity contribution in [3.8, 4) is 0 Å². The highest BCUT2D eigenvalue weighted by Crippen LogP contribution is 2.44. The van der Waals surface area contributed by atoms with Gasteiger partial charge in [-0.2, -0.15) is 17.9 Å². The molecule has 3 aliphatic rings. The Morgan fingerprint density at radius 1 is 1.17 bits per heavy atom. The number of rotatable bonds is 4. The molecule has 0 aromatic heterocycles. The molecule has 1 aromatic carbocycles. The molecule has 0 aliphatic carbocycles. The minimum absolute atomic E-state index is 0.328. The molecule has 8 heteroatoms. The third-order valence-corrected chi connectivity index (χ3v) is 6.02. The van der Waals surface area contributed by atoms with Crippen LogP contribution in [0.4, 0.5) is 13.2 Å². The van der Waals surface area contributed by atoms with Gasteiger partial charge < -0.3 is 0 Å². The summed E-state index contributed by atoms with van der Waals surface area (Å²) in [6.07, 6.45) is -2.34. The Morgan fingerprint density at radius 3 is 2.26 bits per heavy atom. The second-order valence-electron chi connectivity index (χ2n) is 6.34. The topological polar surface area (TPSA) is 49.4 Å². The number of nitrogens with one attached hydrogen (secondary N) is 1. The summed E-state index contributed by atoms with van der Waals surface area (Å²) in [5.74, 6) is -1.53. The van der Waals surface area contributed by atoms with E-state index in [1.54, 1.807) is 30.3 Å². The lowest BCUT2D eigenvalue weighted by molar-refractivity contribution is -0.107. The molecule has 4 rings (SSSR count). The second kappa shape index (κ2) is 5.75. The van der Waals surface area contributed by atoms with E-state index in [9.17, 15) is 21.6 Å². The van der Waals surface area contributed by atoms with Crippen LogP contribution in [0.25, 0.3) is 0 Å². The van der Waals surface area contributed by atoms with Crippen LogP contribution >= 0.6 is 0 Å². The first-order valence-electron chi connectivity index (χ1n) is 7.59. The number of sulfonamides is 1. The first kappa shape index (κ1) is 16.7. The molecule has 23 heavy (non-hydrogen) atoms. The summed E-state index contributed by atoms with van der Waals surface area (Å²) < 4.78 is 64.4. The van der Waals surface area contributed by atoms with E-state index in [1.165, 1.54) is 0 Å². The molecule has 1 atom stereocenters. The lowest BCUT2D eigenvalue weighted by Crippen LogP contribution is -2.65. The maximum Gasteiger partial charge on any atom is 0.404 e. The zero-order valence-corrected chi connectivity index (χ0v) is 13.3. The SMILES string of the molecule is O=S(=O)(CC(F)(F)F)N[C@@]1(c2ccccc2)CC2CCN1CC2. The summed E-state index contributed by atoms with van der Waals surface area (Å²) in [6, 6.07) is 8.91. The minimum Gasteiger partial charge on any atom is -0.281 e. The van der Waals surface area contributed by atoms with Crippen LogP contribution in [0.1, 0.15) is 24.8 Å². The largest absolute Gasteiger partial charge is 0.404 e. The Bertz CT molecular complexity index is 655. The lowest BCUT2D eigenvalue weighted by atomic mass is 9.76. The van der Waals surface area contributed by atoms with Crippen LogP contribution in [0.2, 0.25) is 0 Å². The van der Waals surface area contributed by atoms with Gasteiger partial charge in [0.1, 0.15) is 5.66 Å². The standard InChI is InChI=1S/C15H19F3N2O2S/c16-15(17,18)11-23(21,22)19-14(13-4-2-1-3-5-13)10-12-6-8-20(14)9-7-12/h1-5,12,19H,6-11H2/t14-/m0/s1. The first-order valence-corrected chi connectivity index (χ1v) is 9.24. The molecule has 0 unspecified atom stereocenters. The fourth-order valence-electron chi connectivity index (χ4n) is 3.75. The predicted molar refractivity (Wildman–Crippen MR) is 80.0 cm³/mol. The van der Waals surface area contributed by atoms with E-state index in [-0.39, 0.29) is 0 Å². The molecular weight excluding hydrogens is 329 g/mol. The van der Waals surface area contributed by atoms with Crippen molar-refractivity contribution in [3.63, 3.8) is 0 Å². The maximum absolute atomic E-state index is 12.6. The van der Waals surface area contributed by atoms with Crippen molar-refractivity contribution >= 4 is 10.0 Å². The molecule has 2 bridgehead atoms. The molecule has 0 spiro atoms. The summed E-state index contributed by atoms with van der Waals surface area (Å²) >= 11 is 0. The van der Waals surface area contributed by atoms with Crippen LogP contribution in [-0.2, 0) is 15.7 Å². The first-order chi connectivity index (χ1) is 10.7. The van der Waals surface area contributed by atoms with Crippen molar-refractivity contribution in [1.82, 2.24) is 9.62 Å². The molecule has 0 saturated carbocycles. The van der Waals surface area contributed by atoms with Crippen molar-refractivity contribution in [2.45, 2.75) is 31.1 Å². The third kappa shape index (κ3) is 3.54. The molecule has 1 N–H and O–H groups in total. The average molecular weight is 348 g/mol. The highest BCUT2D eigenvalue weighted by molar-refractivity contribution is 7.89. The number of hydrogen-bond acceptors (Lipinski definition) is 3. The van der Waals surface area contributed by atoms with Gasteiger partial charge in [-0.1, -0.05) is 30.3 Å². The second-order valence-corrected chi connectivity index (χ2v) is 8.06. The van der Waals surface area contributed by atoms with E-state index in [0.29, 0.717) is 31.0 Å². The van der Waals surface area contributed by atoms with E-state index in [2.05, 4.69) is 4.72 Å². The summed E-state index contributed by atoms with van der Waals surface area (Å²) in [7, 11) is -4.48. The van der Waals surface area contributed by atoms with Crippen molar-refractivity contribution in [2.75, 3.05) is 18.8 Å². The van der Waals surface area contributed by atoms with E-state index < -0.39 is 27.6 Å². The number of fused-ring (bicyclic) bond motifs is 3. The highest BCUT2D eigenvalue weighted by Gasteiger charge is 2.50. The Kier molecular flexibility index (Phi) is 4.18. The van der Waals surface area contributed by atoms with E-state index in [0.717, 1.165) is 12.8 Å². The fraction of sp³-hybridized carbons (Fsp3) is 0.600. The number of nitrogens with zero attached hydrogens (tertiary/aromatic N) is 1. The molecule has 3 fully saturated rings. The smallest absolute Gasteiger partial charge is 0.281 e. The average Bonchev–Trinajstić information content (AvgIpc) is 2.46. The van der Waals surface area contributed by atoms with E-state index in [1.807, 2.05) is 4.90 Å². The summed E-state index contributed by atoms with van der Waals surface area (Å²) in [6.45, 7) is 1.38. The zero-order valence-electron chi connectivity index (χ0n) is 12.5. The van der Waals surface area contributed by atoms with Crippen molar-refractivity contribution < 1.29 is 21.6 Å². The number of piperidine rings is 3. The quantitative estimate of drug-likeness (QED) is 0.909. The maximum atomic E-state index is 12.6. The molecular formula is C15H19F3N2O2S. The van der Waals surface area contributed by atoms with Gasteiger partial charge in [-0.25, -0.2) is 8.42 Å². The van der Waals surface area contributed by atoms with Gasteiger partial charge in [0.2, 0.25) is 10.0 Å². The third-order valence-electron chi connectivity index (χ3n) is 4.67. The van der Waals surface area contributed by atoms with Crippen molar-refractivity contribution in [3.05, 3.63) is 35.9 Å². The van der Waals surface area contributed by atoms with Gasteiger partial charge in [-0.05, 0) is 30.7 Å². The molecule has 4 nitrogen and oxygen atoms in total. The van der Waals surface area contributed by atoms with Crippen LogP contribution in [0.3, 0.4) is 0 Å². The molecule has 3 aliphatic heterocycles. The summed E-state index contributed by atoms with van der Waals surface area (Å²) in [5.41, 5.74) is -0.359. The Hall–Kier alpha value is -1.12. The highest BCUT2D eigenvalue weighted by atomic mass is 32.2. The number of benzene rings is 1. The van der Waals surface area contributed by atoms with E-state index >= 15 is 0 Å². The summed E-state index contributed by atoms with van der Waals surface area (Å²) in [4.78, 5) is 1.97. The van der Waals surface area contributed by atoms with E-state index in [4.69, 9.17) is 0 Å². The monoisotopic (exact) mass is 348 g/mol. The van der Waals surface area contributed by atoms with Gasteiger partial charge in [0, 0.05) is 13.1 Å². The van der Waals surface area contributed by atoms with Gasteiger partial charge >= 0.3 is 6.18 Å². The fourth-order valence-corrected chi connectivity index (χ4v) is 5.10. The van der Waals surface area contributed by atoms with Gasteiger partial charge in [0.25, 0.3) is 0 Å². The molecule has 128 valence electrons. The van der Waals surface area contributed by atoms with Crippen LogP contribution in [0.5, 0.6) is 0 Å². The lowest BCUT2D eigenvalue weighted by Gasteiger charge is -2.54. The van der Waals surface area contributed by atoms with Crippen LogP contribution in [0, 0.1) is 5.92 Å². The van der Waals surface area contributed by atoms with Crippen LogP contribution in [0.15, 0.2) is 30.3 Å². The van der Waals surface area contributed by atoms with Crippen molar-refractivity contribution in [2.24, 2.45) is 5.92 Å². The van der Waals surface area contributed by atoms with Gasteiger partial charge in [0.05, 0.1) is 0 Å². The molecule has 1 aromatic rings. The number of hydrogen-bond donors (Lipinski definition) is 1. The minimum atomic E-state index is -4.76. The molecule has 3 saturated heterocycles. The predicted octanol–water partition coefficient (Wildman–Crippen LogP) is 2.44. The molecule has 0 radical (unpaired) electrons. The van der Waals surface area contributed by atoms with Crippen LogP contribution < -0.4 is 4.72 Å². The van der Waals surface area contributed by atoms with Crippen LogP contribution in [-0.4, -0.2) is 38.3 Å². The normalized spacial score (nSPS) is 31.3. The Morgan fingerprint density at radius 2 is 1.78 bits per heavy atom. The number of halogens is 3. The van der Waals surface area contributed by atoms with Gasteiger partial charge in [-0.15, -0.1) is 0 Å². The number of alkyl halides is 3. The summed E-state index contributed by atoms with van der Waals surface area (Å²) in [5, 5.41) is 0. The Labute approximate surface area is 133 Å². The Balaban J connectivity index is 1.97. The van der Waals surface area contributed by atoms with Crippen molar-refractivity contribution in [1.29, 1.82) is 0 Å². The molecule has 0 amide bonds. The van der Waals surface area contributed by atoms with Gasteiger partial charge in [0.15, 0.2) is 5.75 Å². The van der Waals surface area contributed by atoms with Gasteiger partial charge in [-0.3, -0.25) is 4.90 Å². The molecule has 3 heterocycles.